The van der Waals surface area contributed by atoms with Gasteiger partial charge in [0.25, 0.3) is 0 Å². The van der Waals surface area contributed by atoms with Crippen molar-refractivity contribution >= 4 is 0 Å². The summed E-state index contributed by atoms with van der Waals surface area (Å²) < 4.78 is 0. The highest BCUT2D eigenvalue weighted by molar-refractivity contribution is 5.32. The van der Waals surface area contributed by atoms with Crippen molar-refractivity contribution in [1.82, 2.24) is 5.32 Å². The molecule has 1 heteroatoms. The van der Waals surface area contributed by atoms with E-state index in [-0.39, 0.29) is 16.5 Å². The number of hydrogen-bond acceptors (Lipinski definition) is 1. The average Bonchev–Trinajstić information content (AvgIpc) is 2.25. The first-order chi connectivity index (χ1) is 9.17. The Balaban J connectivity index is 2.96. The zero-order valence-corrected chi connectivity index (χ0v) is 16.1. The van der Waals surface area contributed by atoms with E-state index < -0.39 is 0 Å². The first-order valence-electron chi connectivity index (χ1n) is 8.37. The molecule has 0 radical (unpaired) electrons. The maximum atomic E-state index is 3.90. The minimum Gasteiger partial charge on any atom is -0.303 e. The first kappa shape index (κ1) is 18.5. The van der Waals surface area contributed by atoms with Crippen LogP contribution in [-0.2, 0) is 0 Å². The van der Waals surface area contributed by atoms with Gasteiger partial charge in [0.2, 0.25) is 0 Å². The average molecular weight is 292 g/mol. The van der Waals surface area contributed by atoms with E-state index in [1.54, 1.807) is 5.57 Å². The van der Waals surface area contributed by atoms with Crippen molar-refractivity contribution < 1.29 is 0 Å². The topological polar surface area (TPSA) is 12.0 Å². The van der Waals surface area contributed by atoms with E-state index >= 15 is 0 Å². The molecule has 21 heavy (non-hydrogen) atoms. The lowest BCUT2D eigenvalue weighted by Crippen LogP contribution is -2.59. The molecule has 0 aromatic carbocycles. The Morgan fingerprint density at radius 2 is 1.14 bits per heavy atom. The summed E-state index contributed by atoms with van der Waals surface area (Å²) in [6.45, 7) is 23.1. The van der Waals surface area contributed by atoms with Gasteiger partial charge in [0.05, 0.1) is 0 Å². The van der Waals surface area contributed by atoms with Gasteiger partial charge in [-0.1, -0.05) is 64.8 Å². The Kier molecular flexibility index (Phi) is 4.91. The van der Waals surface area contributed by atoms with Gasteiger partial charge in [0.15, 0.2) is 0 Å². The summed E-state index contributed by atoms with van der Waals surface area (Å²) in [6.07, 6.45) is 7.07. The zero-order chi connectivity index (χ0) is 16.7. The monoisotopic (exact) mass is 291 g/mol. The van der Waals surface area contributed by atoms with Gasteiger partial charge in [0.1, 0.15) is 0 Å². The van der Waals surface area contributed by atoms with Gasteiger partial charge in [-0.15, -0.1) is 0 Å². The van der Waals surface area contributed by atoms with Crippen molar-refractivity contribution in [2.24, 2.45) is 10.8 Å². The second kappa shape index (κ2) is 5.57. The lowest BCUT2D eigenvalue weighted by molar-refractivity contribution is 0.141. The van der Waals surface area contributed by atoms with Crippen molar-refractivity contribution in [2.75, 3.05) is 0 Å². The molecule has 0 bridgehead atoms. The molecule has 122 valence electrons. The number of nitrogens with one attached hydrogen (secondary N) is 1. The van der Waals surface area contributed by atoms with E-state index in [0.717, 1.165) is 0 Å². The Morgan fingerprint density at radius 3 is 1.48 bits per heavy atom. The standard InChI is InChI=1S/C20H37N/c1-17(2,3)15-11-13-16(14-12-15)19(7,8)21-20(9,10)18(4,5)6/h11,13,21H,12,14H2,1-10H3. The van der Waals surface area contributed by atoms with Gasteiger partial charge in [-0.25, -0.2) is 0 Å². The minimum atomic E-state index is 0.0384. The molecule has 0 saturated heterocycles. The third-order valence-electron chi connectivity index (χ3n) is 5.42. The van der Waals surface area contributed by atoms with E-state index in [1.807, 2.05) is 0 Å². The highest BCUT2D eigenvalue weighted by Crippen LogP contribution is 2.38. The van der Waals surface area contributed by atoms with Crippen LogP contribution >= 0.6 is 0 Å². The molecule has 0 heterocycles. The van der Waals surface area contributed by atoms with E-state index in [0.29, 0.717) is 5.41 Å². The van der Waals surface area contributed by atoms with Crippen LogP contribution in [-0.4, -0.2) is 11.1 Å². The third kappa shape index (κ3) is 4.45. The largest absolute Gasteiger partial charge is 0.303 e. The van der Waals surface area contributed by atoms with Crippen LogP contribution in [0.4, 0.5) is 0 Å². The SMILES string of the molecule is CC(C)(C)C1=CC=C(C(C)(C)NC(C)(C)C(C)(C)C)CC1. The maximum absolute atomic E-state index is 3.90. The lowest BCUT2D eigenvalue weighted by atomic mass is 9.72. The second-order valence-electron chi connectivity index (χ2n) is 9.76. The molecule has 0 atom stereocenters. The van der Waals surface area contributed by atoms with Crippen LogP contribution in [0.15, 0.2) is 23.3 Å². The van der Waals surface area contributed by atoms with Gasteiger partial charge in [-0.3, -0.25) is 0 Å². The van der Waals surface area contributed by atoms with Gasteiger partial charge >= 0.3 is 0 Å². The minimum absolute atomic E-state index is 0.0384. The van der Waals surface area contributed by atoms with Crippen LogP contribution in [0.2, 0.25) is 0 Å². The number of hydrogen-bond donors (Lipinski definition) is 1. The summed E-state index contributed by atoms with van der Waals surface area (Å²) in [4.78, 5) is 0. The summed E-state index contributed by atoms with van der Waals surface area (Å²) in [5, 5.41) is 3.90. The predicted octanol–water partition coefficient (Wildman–Crippen LogP) is 5.87. The highest BCUT2D eigenvalue weighted by atomic mass is 15.0. The van der Waals surface area contributed by atoms with Gasteiger partial charge in [-0.2, -0.15) is 0 Å². The molecule has 0 saturated carbocycles. The fourth-order valence-corrected chi connectivity index (χ4v) is 2.83. The van der Waals surface area contributed by atoms with Crippen LogP contribution < -0.4 is 5.32 Å². The molecule has 0 spiro atoms. The van der Waals surface area contributed by atoms with Crippen molar-refractivity contribution in [3.8, 4) is 0 Å². The molecule has 1 aliphatic rings. The van der Waals surface area contributed by atoms with Crippen molar-refractivity contribution in [2.45, 2.75) is 93.2 Å². The van der Waals surface area contributed by atoms with Crippen molar-refractivity contribution in [3.63, 3.8) is 0 Å². The molecular weight excluding hydrogens is 254 g/mol. The fraction of sp³-hybridized carbons (Fsp3) is 0.800. The highest BCUT2D eigenvalue weighted by Gasteiger charge is 2.38. The number of rotatable bonds is 3. The van der Waals surface area contributed by atoms with Gasteiger partial charge < -0.3 is 5.32 Å². The Bertz CT molecular complexity index is 433. The molecule has 1 nitrogen and oxygen atoms in total. The smallest absolute Gasteiger partial charge is 0.0344 e. The van der Waals surface area contributed by atoms with Crippen molar-refractivity contribution in [1.29, 1.82) is 0 Å². The van der Waals surface area contributed by atoms with Crippen LogP contribution in [0.1, 0.15) is 82.1 Å². The molecule has 0 amide bonds. The molecular formula is C20H37N. The van der Waals surface area contributed by atoms with Crippen LogP contribution in [0, 0.1) is 10.8 Å². The first-order valence-corrected chi connectivity index (χ1v) is 8.37. The van der Waals surface area contributed by atoms with E-state index in [9.17, 15) is 0 Å². The molecule has 0 aromatic rings. The summed E-state index contributed by atoms with van der Waals surface area (Å²) in [5.41, 5.74) is 3.74. The van der Waals surface area contributed by atoms with E-state index in [1.165, 1.54) is 18.4 Å². The maximum Gasteiger partial charge on any atom is 0.0344 e. The summed E-state index contributed by atoms with van der Waals surface area (Å²) in [6, 6.07) is 0. The van der Waals surface area contributed by atoms with Crippen LogP contribution in [0.25, 0.3) is 0 Å². The molecule has 1 aliphatic carbocycles. The Morgan fingerprint density at radius 1 is 0.714 bits per heavy atom. The van der Waals surface area contributed by atoms with E-state index in [2.05, 4.69) is 86.7 Å². The molecule has 1 N–H and O–H groups in total. The van der Waals surface area contributed by atoms with Crippen LogP contribution in [0.5, 0.6) is 0 Å². The van der Waals surface area contributed by atoms with Crippen LogP contribution in [0.3, 0.4) is 0 Å². The van der Waals surface area contributed by atoms with Gasteiger partial charge in [0, 0.05) is 11.1 Å². The normalized spacial score (nSPS) is 18.4. The summed E-state index contributed by atoms with van der Waals surface area (Å²) in [7, 11) is 0. The quantitative estimate of drug-likeness (QED) is 0.685. The molecule has 0 aromatic heterocycles. The fourth-order valence-electron chi connectivity index (χ4n) is 2.83. The molecule has 0 fully saturated rings. The van der Waals surface area contributed by atoms with E-state index in [4.69, 9.17) is 0 Å². The molecule has 1 rings (SSSR count). The molecule has 0 aliphatic heterocycles. The zero-order valence-electron chi connectivity index (χ0n) is 16.1. The summed E-state index contributed by atoms with van der Waals surface area (Å²) in [5.74, 6) is 0. The second-order valence-corrected chi connectivity index (χ2v) is 9.76. The number of allylic oxidation sites excluding steroid dienone is 3. The third-order valence-corrected chi connectivity index (χ3v) is 5.42. The summed E-state index contributed by atoms with van der Waals surface area (Å²) >= 11 is 0. The van der Waals surface area contributed by atoms with Crippen molar-refractivity contribution in [3.05, 3.63) is 23.3 Å². The lowest BCUT2D eigenvalue weighted by Gasteiger charge is -2.47. The predicted molar refractivity (Wildman–Crippen MR) is 95.6 cm³/mol. The molecule has 0 unspecified atom stereocenters. The Hall–Kier alpha value is -0.560. The van der Waals surface area contributed by atoms with Gasteiger partial charge in [-0.05, 0) is 51.4 Å². The Labute approximate surface area is 133 Å².